The van der Waals surface area contributed by atoms with Crippen molar-refractivity contribution < 1.29 is 19.1 Å². The molecule has 2 unspecified atom stereocenters. The van der Waals surface area contributed by atoms with Crippen LogP contribution in [-0.4, -0.2) is 23.6 Å². The van der Waals surface area contributed by atoms with Crippen LogP contribution in [0.1, 0.15) is 46.5 Å². The predicted molar refractivity (Wildman–Crippen MR) is 61.2 cm³/mol. The lowest BCUT2D eigenvalue weighted by Crippen LogP contribution is -2.54. The summed E-state index contributed by atoms with van der Waals surface area (Å²) in [6.07, 6.45) is 3.69. The van der Waals surface area contributed by atoms with E-state index in [2.05, 4.69) is 0 Å². The summed E-state index contributed by atoms with van der Waals surface area (Å²) in [5.41, 5.74) is -0.528. The van der Waals surface area contributed by atoms with Crippen molar-refractivity contribution in [3.63, 3.8) is 0 Å². The first-order valence-electron chi connectivity index (χ1n) is 6.32. The van der Waals surface area contributed by atoms with E-state index in [0.29, 0.717) is 5.92 Å². The van der Waals surface area contributed by atoms with Gasteiger partial charge in [0.25, 0.3) is 0 Å². The van der Waals surface area contributed by atoms with Gasteiger partial charge in [0.15, 0.2) is 0 Å². The van der Waals surface area contributed by atoms with Crippen LogP contribution in [0.5, 0.6) is 0 Å². The van der Waals surface area contributed by atoms with Crippen molar-refractivity contribution in [3.8, 4) is 0 Å². The van der Waals surface area contributed by atoms with Crippen LogP contribution in [0.25, 0.3) is 0 Å². The second-order valence-corrected chi connectivity index (χ2v) is 5.96. The Bertz CT molecular complexity index is 323. The normalized spacial score (nSPS) is 29.7. The number of hydrogen-bond acceptors (Lipinski definition) is 4. The molecule has 0 amide bonds. The first kappa shape index (κ1) is 12.4. The third-order valence-corrected chi connectivity index (χ3v) is 3.39. The second-order valence-electron chi connectivity index (χ2n) is 5.96. The summed E-state index contributed by atoms with van der Waals surface area (Å²) in [5.74, 6) is -0.567. The molecule has 0 aromatic carbocycles. The van der Waals surface area contributed by atoms with Crippen molar-refractivity contribution in [2.75, 3.05) is 0 Å². The van der Waals surface area contributed by atoms with Gasteiger partial charge in [0, 0.05) is 0 Å². The molecule has 4 nitrogen and oxygen atoms in total. The van der Waals surface area contributed by atoms with Crippen LogP contribution < -0.4 is 0 Å². The molecule has 2 rings (SSSR count). The average molecular weight is 240 g/mol. The fraction of sp³-hybridized carbons (Fsp3) is 0.846. The number of carbonyl (C=O) groups excluding carboxylic acids is 2. The van der Waals surface area contributed by atoms with Crippen LogP contribution in [0.4, 0.5) is 0 Å². The summed E-state index contributed by atoms with van der Waals surface area (Å²) in [6, 6.07) is 0. The van der Waals surface area contributed by atoms with Crippen LogP contribution in [-0.2, 0) is 19.1 Å². The van der Waals surface area contributed by atoms with Crippen LogP contribution >= 0.6 is 0 Å². The van der Waals surface area contributed by atoms with Crippen molar-refractivity contribution in [2.24, 2.45) is 11.8 Å². The minimum Gasteiger partial charge on any atom is -0.457 e. The summed E-state index contributed by atoms with van der Waals surface area (Å²) in [6.45, 7) is 5.45. The van der Waals surface area contributed by atoms with Crippen molar-refractivity contribution in [3.05, 3.63) is 0 Å². The number of ether oxygens (including phenoxy) is 2. The van der Waals surface area contributed by atoms with Gasteiger partial charge in [-0.25, -0.2) is 4.79 Å². The van der Waals surface area contributed by atoms with Crippen molar-refractivity contribution in [2.45, 2.75) is 58.2 Å². The fourth-order valence-corrected chi connectivity index (χ4v) is 2.64. The van der Waals surface area contributed by atoms with Crippen molar-refractivity contribution >= 4 is 11.9 Å². The SMILES string of the molecule is CC(C)(C)OC(=O)C1OC(=O)C1C1CCCC1. The maximum absolute atomic E-state index is 11.9. The summed E-state index contributed by atoms with van der Waals surface area (Å²) < 4.78 is 10.2. The molecule has 1 aliphatic carbocycles. The lowest BCUT2D eigenvalue weighted by Gasteiger charge is -2.38. The van der Waals surface area contributed by atoms with E-state index in [4.69, 9.17) is 9.47 Å². The molecule has 0 spiro atoms. The molecule has 0 N–H and O–H groups in total. The van der Waals surface area contributed by atoms with Gasteiger partial charge >= 0.3 is 11.9 Å². The number of esters is 2. The maximum atomic E-state index is 11.9. The number of cyclic esters (lactones) is 1. The van der Waals surface area contributed by atoms with Gasteiger partial charge in [0.05, 0.1) is 0 Å². The summed E-state index contributed by atoms with van der Waals surface area (Å²) >= 11 is 0. The Labute approximate surface area is 102 Å². The Morgan fingerprint density at radius 1 is 1.29 bits per heavy atom. The number of carbonyl (C=O) groups is 2. The summed E-state index contributed by atoms with van der Waals surface area (Å²) in [5, 5.41) is 0. The molecular formula is C13H20O4. The van der Waals surface area contributed by atoms with Gasteiger partial charge in [-0.3, -0.25) is 4.79 Å². The van der Waals surface area contributed by atoms with E-state index in [0.717, 1.165) is 25.7 Å². The minimum atomic E-state index is -0.662. The Morgan fingerprint density at radius 2 is 1.88 bits per heavy atom. The maximum Gasteiger partial charge on any atom is 0.348 e. The van der Waals surface area contributed by atoms with Crippen LogP contribution in [0.2, 0.25) is 0 Å². The molecule has 0 radical (unpaired) electrons. The highest BCUT2D eigenvalue weighted by Gasteiger charge is 2.53. The van der Waals surface area contributed by atoms with Gasteiger partial charge in [-0.05, 0) is 39.5 Å². The molecule has 1 aliphatic heterocycles. The van der Waals surface area contributed by atoms with Crippen molar-refractivity contribution in [1.82, 2.24) is 0 Å². The average Bonchev–Trinajstić information content (AvgIpc) is 2.63. The highest BCUT2D eigenvalue weighted by atomic mass is 16.6. The smallest absolute Gasteiger partial charge is 0.348 e. The van der Waals surface area contributed by atoms with Crippen LogP contribution in [0, 0.1) is 11.8 Å². The molecule has 2 fully saturated rings. The topological polar surface area (TPSA) is 52.6 Å². The molecule has 0 aromatic heterocycles. The second kappa shape index (κ2) is 4.31. The molecule has 2 aliphatic rings. The first-order valence-corrected chi connectivity index (χ1v) is 6.32. The van der Waals surface area contributed by atoms with E-state index >= 15 is 0 Å². The molecule has 1 saturated carbocycles. The Morgan fingerprint density at radius 3 is 2.35 bits per heavy atom. The van der Waals surface area contributed by atoms with Crippen molar-refractivity contribution in [1.29, 1.82) is 0 Å². The van der Waals surface area contributed by atoms with E-state index in [9.17, 15) is 9.59 Å². The third kappa shape index (κ3) is 2.61. The number of hydrogen-bond donors (Lipinski definition) is 0. The molecular weight excluding hydrogens is 220 g/mol. The molecule has 1 saturated heterocycles. The van der Waals surface area contributed by atoms with Crippen LogP contribution in [0.3, 0.4) is 0 Å². The molecule has 1 heterocycles. The molecule has 0 aromatic rings. The summed E-state index contributed by atoms with van der Waals surface area (Å²) in [4.78, 5) is 23.3. The Kier molecular flexibility index (Phi) is 3.15. The Balaban J connectivity index is 1.97. The molecule has 2 atom stereocenters. The predicted octanol–water partition coefficient (Wildman–Crippen LogP) is 2.06. The van der Waals surface area contributed by atoms with E-state index in [-0.39, 0.29) is 11.9 Å². The quantitative estimate of drug-likeness (QED) is 0.693. The fourth-order valence-electron chi connectivity index (χ4n) is 2.64. The third-order valence-electron chi connectivity index (χ3n) is 3.39. The van der Waals surface area contributed by atoms with Gasteiger partial charge in [0.2, 0.25) is 6.10 Å². The molecule has 17 heavy (non-hydrogen) atoms. The molecule has 96 valence electrons. The molecule has 4 heteroatoms. The molecule has 0 bridgehead atoms. The van der Waals surface area contributed by atoms with Gasteiger partial charge in [-0.2, -0.15) is 0 Å². The largest absolute Gasteiger partial charge is 0.457 e. The number of rotatable bonds is 2. The van der Waals surface area contributed by atoms with E-state index < -0.39 is 17.7 Å². The van der Waals surface area contributed by atoms with E-state index in [1.807, 2.05) is 20.8 Å². The Hall–Kier alpha value is -1.06. The zero-order chi connectivity index (χ0) is 12.6. The monoisotopic (exact) mass is 240 g/mol. The van der Waals surface area contributed by atoms with Gasteiger partial charge in [-0.1, -0.05) is 12.8 Å². The zero-order valence-corrected chi connectivity index (χ0v) is 10.7. The lowest BCUT2D eigenvalue weighted by atomic mass is 9.82. The summed E-state index contributed by atoms with van der Waals surface area (Å²) in [7, 11) is 0. The lowest BCUT2D eigenvalue weighted by molar-refractivity contribution is -0.208. The zero-order valence-electron chi connectivity index (χ0n) is 10.7. The highest BCUT2D eigenvalue weighted by Crippen LogP contribution is 2.40. The van der Waals surface area contributed by atoms with Gasteiger partial charge in [0.1, 0.15) is 11.5 Å². The first-order chi connectivity index (χ1) is 7.88. The minimum absolute atomic E-state index is 0.229. The van der Waals surface area contributed by atoms with E-state index in [1.165, 1.54) is 0 Å². The van der Waals surface area contributed by atoms with Crippen LogP contribution in [0.15, 0.2) is 0 Å². The van der Waals surface area contributed by atoms with Gasteiger partial charge < -0.3 is 9.47 Å². The highest BCUT2D eigenvalue weighted by molar-refractivity contribution is 5.91. The van der Waals surface area contributed by atoms with E-state index in [1.54, 1.807) is 0 Å². The standard InChI is InChI=1S/C13H20O4/c1-13(2,3)17-12(15)10-9(11(14)16-10)8-6-4-5-7-8/h8-10H,4-7H2,1-3H3. The van der Waals surface area contributed by atoms with Gasteiger partial charge in [-0.15, -0.1) is 0 Å².